The lowest BCUT2D eigenvalue weighted by Gasteiger charge is -2.08. The van der Waals surface area contributed by atoms with Crippen LogP contribution in [0.15, 0.2) is 84.1 Å². The van der Waals surface area contributed by atoms with E-state index in [0.717, 1.165) is 28.9 Å². The maximum absolute atomic E-state index is 16.1. The summed E-state index contributed by atoms with van der Waals surface area (Å²) in [6, 6.07) is 15.9. The summed E-state index contributed by atoms with van der Waals surface area (Å²) < 4.78 is 16.1. The van der Waals surface area contributed by atoms with Gasteiger partial charge < -0.3 is 10.3 Å². The lowest BCUT2D eigenvalue weighted by molar-refractivity contribution is 0.642. The normalized spacial score (nSPS) is 11.5. The largest absolute Gasteiger partial charge is 0.337 e. The van der Waals surface area contributed by atoms with E-state index in [1.54, 1.807) is 29.9 Å². The maximum Gasteiger partial charge on any atom is 0.184 e. The Labute approximate surface area is 226 Å². The van der Waals surface area contributed by atoms with E-state index >= 15 is 4.39 Å². The molecule has 0 bridgehead atoms. The van der Waals surface area contributed by atoms with Gasteiger partial charge >= 0.3 is 0 Å². The molecule has 0 amide bonds. The van der Waals surface area contributed by atoms with Crippen molar-refractivity contribution in [1.82, 2.24) is 40.4 Å². The van der Waals surface area contributed by atoms with Crippen LogP contribution in [0, 0.1) is 5.82 Å². The first kappa shape index (κ1) is 23.3. The summed E-state index contributed by atoms with van der Waals surface area (Å²) in [5.74, 6) is 0.0309. The van der Waals surface area contributed by atoms with Crippen molar-refractivity contribution in [2.75, 3.05) is 0 Å². The van der Waals surface area contributed by atoms with Crippen molar-refractivity contribution >= 4 is 33.4 Å². The molecule has 0 atom stereocenters. The molecular formula is C29H21FN8S. The molecule has 0 saturated heterocycles. The zero-order valence-electron chi connectivity index (χ0n) is 20.5. The number of aromatic nitrogens is 7. The molecule has 7 aromatic rings. The number of H-pyrrole nitrogens is 2. The second-order valence-corrected chi connectivity index (χ2v) is 9.89. The minimum atomic E-state index is -0.434. The van der Waals surface area contributed by atoms with Crippen molar-refractivity contribution in [2.45, 2.75) is 13.1 Å². The number of pyridine rings is 3. The summed E-state index contributed by atoms with van der Waals surface area (Å²) in [6.45, 7) is 1.33. The second-order valence-electron chi connectivity index (χ2n) is 9.11. The van der Waals surface area contributed by atoms with Crippen LogP contribution in [0.2, 0.25) is 0 Å². The van der Waals surface area contributed by atoms with E-state index in [1.165, 1.54) is 11.8 Å². The van der Waals surface area contributed by atoms with Crippen molar-refractivity contribution in [1.29, 1.82) is 0 Å². The highest BCUT2D eigenvalue weighted by molar-refractivity contribution is 7.08. The van der Waals surface area contributed by atoms with Crippen LogP contribution in [0.3, 0.4) is 0 Å². The fourth-order valence-corrected chi connectivity index (χ4v) is 5.31. The Morgan fingerprint density at radius 3 is 2.69 bits per heavy atom. The number of nitrogens with one attached hydrogen (secondary N) is 3. The maximum atomic E-state index is 16.1. The van der Waals surface area contributed by atoms with Gasteiger partial charge in [0.25, 0.3) is 0 Å². The zero-order valence-corrected chi connectivity index (χ0v) is 21.3. The van der Waals surface area contributed by atoms with Crippen molar-refractivity contribution in [2.24, 2.45) is 0 Å². The molecule has 7 rings (SSSR count). The first-order valence-corrected chi connectivity index (χ1v) is 13.3. The van der Waals surface area contributed by atoms with Crippen LogP contribution in [0.5, 0.6) is 0 Å². The fourth-order valence-electron chi connectivity index (χ4n) is 4.67. The van der Waals surface area contributed by atoms with Crippen LogP contribution in [0.1, 0.15) is 11.1 Å². The molecule has 1 aromatic carbocycles. The minimum Gasteiger partial charge on any atom is -0.337 e. The first-order chi connectivity index (χ1) is 19.2. The summed E-state index contributed by atoms with van der Waals surface area (Å²) in [4.78, 5) is 21.4. The predicted molar refractivity (Wildman–Crippen MR) is 150 cm³/mol. The van der Waals surface area contributed by atoms with Gasteiger partial charge in [-0.3, -0.25) is 15.1 Å². The van der Waals surface area contributed by atoms with Crippen molar-refractivity contribution < 1.29 is 4.39 Å². The monoisotopic (exact) mass is 532 g/mol. The number of fused-ring (bicyclic) bond motifs is 2. The van der Waals surface area contributed by atoms with Gasteiger partial charge in [-0.1, -0.05) is 30.3 Å². The molecule has 190 valence electrons. The number of hydrogen-bond acceptors (Lipinski definition) is 7. The third-order valence-corrected chi connectivity index (χ3v) is 7.24. The van der Waals surface area contributed by atoms with E-state index in [2.05, 4.69) is 47.6 Å². The Hall–Kier alpha value is -4.80. The molecule has 10 heteroatoms. The Morgan fingerprint density at radius 2 is 1.82 bits per heavy atom. The molecule has 0 unspecified atom stereocenters. The summed E-state index contributed by atoms with van der Waals surface area (Å²) in [7, 11) is 0. The van der Waals surface area contributed by atoms with Crippen LogP contribution in [0.25, 0.3) is 56.0 Å². The molecule has 0 spiro atoms. The number of aromatic amines is 2. The molecule has 6 heterocycles. The predicted octanol–water partition coefficient (Wildman–Crippen LogP) is 6.12. The van der Waals surface area contributed by atoms with Crippen LogP contribution in [-0.4, -0.2) is 35.1 Å². The Bertz CT molecular complexity index is 1910. The number of hydrogen-bond donors (Lipinski definition) is 3. The summed E-state index contributed by atoms with van der Waals surface area (Å²) in [5, 5.41) is 14.9. The number of rotatable bonds is 7. The lowest BCUT2D eigenvalue weighted by Crippen LogP contribution is -2.12. The third kappa shape index (κ3) is 4.35. The second kappa shape index (κ2) is 9.82. The zero-order chi connectivity index (χ0) is 26.2. The Kier molecular flexibility index (Phi) is 5.87. The van der Waals surface area contributed by atoms with Gasteiger partial charge in [-0.15, -0.1) is 0 Å². The summed E-state index contributed by atoms with van der Waals surface area (Å²) in [5.41, 5.74) is 7.09. The number of halogens is 1. The Balaban J connectivity index is 1.23. The number of benzene rings is 1. The molecule has 3 N–H and O–H groups in total. The molecule has 0 radical (unpaired) electrons. The van der Waals surface area contributed by atoms with E-state index in [9.17, 15) is 0 Å². The van der Waals surface area contributed by atoms with E-state index < -0.39 is 5.82 Å². The number of imidazole rings is 1. The third-order valence-electron chi connectivity index (χ3n) is 6.56. The van der Waals surface area contributed by atoms with Crippen molar-refractivity contribution in [3.05, 3.63) is 101 Å². The van der Waals surface area contributed by atoms with Gasteiger partial charge in [-0.25, -0.2) is 14.4 Å². The van der Waals surface area contributed by atoms with Crippen LogP contribution in [0.4, 0.5) is 4.39 Å². The van der Waals surface area contributed by atoms with E-state index in [-0.39, 0.29) is 11.0 Å². The molecule has 0 saturated carbocycles. The topological polar surface area (TPSA) is 108 Å². The molecule has 0 aliphatic carbocycles. The molecule has 39 heavy (non-hydrogen) atoms. The van der Waals surface area contributed by atoms with Gasteiger partial charge in [0.2, 0.25) is 0 Å². The first-order valence-electron chi connectivity index (χ1n) is 12.3. The van der Waals surface area contributed by atoms with Gasteiger partial charge in [-0.2, -0.15) is 16.4 Å². The van der Waals surface area contributed by atoms with Crippen molar-refractivity contribution in [3.8, 4) is 33.9 Å². The summed E-state index contributed by atoms with van der Waals surface area (Å²) in [6.07, 6.45) is 6.66. The SMILES string of the molecule is Fc1c(-c2cncc(CNCc3ccccc3)c2)cnc2n[nH]c(-c3nc4c(-c5ccsc5)nccc4[nH]3)c12. The van der Waals surface area contributed by atoms with E-state index in [0.29, 0.717) is 34.7 Å². The quantitative estimate of drug-likeness (QED) is 0.228. The van der Waals surface area contributed by atoms with E-state index in [4.69, 9.17) is 4.98 Å². The van der Waals surface area contributed by atoms with Gasteiger partial charge in [0.1, 0.15) is 17.0 Å². The molecular weight excluding hydrogens is 511 g/mol. The molecule has 0 aliphatic rings. The van der Waals surface area contributed by atoms with Crippen LogP contribution in [-0.2, 0) is 13.1 Å². The highest BCUT2D eigenvalue weighted by Gasteiger charge is 2.21. The average molecular weight is 533 g/mol. The highest BCUT2D eigenvalue weighted by atomic mass is 32.1. The van der Waals surface area contributed by atoms with Crippen LogP contribution < -0.4 is 5.32 Å². The van der Waals surface area contributed by atoms with Crippen LogP contribution >= 0.6 is 11.3 Å². The standard InChI is InChI=1S/C29H21FN8S/c30-24-21(20-10-18(13-32-14-20)12-31-11-17-4-2-1-3-5-17)15-34-28-23(24)27(37-38-28)29-35-22-6-8-33-25(26(22)36-29)19-7-9-39-16-19/h1-10,13-16,31H,11-12H2,(H,35,36)(H,34,37,38). The molecule has 0 fully saturated rings. The molecule has 0 aliphatic heterocycles. The van der Waals surface area contributed by atoms with Crippen molar-refractivity contribution in [3.63, 3.8) is 0 Å². The lowest BCUT2D eigenvalue weighted by atomic mass is 10.1. The fraction of sp³-hybridized carbons (Fsp3) is 0.0690. The number of thiophene rings is 1. The van der Waals surface area contributed by atoms with Gasteiger partial charge in [-0.05, 0) is 34.7 Å². The molecule has 8 nitrogen and oxygen atoms in total. The van der Waals surface area contributed by atoms with Gasteiger partial charge in [0.15, 0.2) is 11.5 Å². The van der Waals surface area contributed by atoms with E-state index in [1.807, 2.05) is 47.2 Å². The Morgan fingerprint density at radius 1 is 0.923 bits per heavy atom. The average Bonchev–Trinajstić information content (AvgIpc) is 3.74. The smallest absolute Gasteiger partial charge is 0.184 e. The summed E-state index contributed by atoms with van der Waals surface area (Å²) >= 11 is 1.59. The molecule has 6 aromatic heterocycles. The highest BCUT2D eigenvalue weighted by Crippen LogP contribution is 2.34. The van der Waals surface area contributed by atoms with Gasteiger partial charge in [0, 0.05) is 59.9 Å². The minimum absolute atomic E-state index is 0.268. The number of nitrogens with zero attached hydrogens (tertiary/aromatic N) is 5. The van der Waals surface area contributed by atoms with Gasteiger partial charge in [0.05, 0.1) is 16.6 Å².